The van der Waals surface area contributed by atoms with Crippen LogP contribution in [-0.2, 0) is 20.8 Å². The molecule has 1 aliphatic carbocycles. The van der Waals surface area contributed by atoms with Crippen LogP contribution in [0.1, 0.15) is 48.3 Å². The average molecular weight is 392 g/mol. The van der Waals surface area contributed by atoms with Gasteiger partial charge in [0.2, 0.25) is 6.79 Å². The summed E-state index contributed by atoms with van der Waals surface area (Å²) in [5.41, 5.74) is 3.17. The molecule has 0 spiro atoms. The Bertz CT molecular complexity index is 926. The maximum absolute atomic E-state index is 12.6. The second kappa shape index (κ2) is 8.19. The average Bonchev–Trinajstić information content (AvgIpc) is 3.16. The van der Waals surface area contributed by atoms with Crippen LogP contribution in [0.3, 0.4) is 0 Å². The lowest BCUT2D eigenvalue weighted by Crippen LogP contribution is -2.38. The summed E-state index contributed by atoms with van der Waals surface area (Å²) >= 11 is 0. The fourth-order valence-electron chi connectivity index (χ4n) is 4.11. The number of carbonyl (C=O) groups excluding carboxylic acids is 3. The minimum absolute atomic E-state index is 0.117. The lowest BCUT2D eigenvalue weighted by molar-refractivity contribution is -0.142. The van der Waals surface area contributed by atoms with Crippen molar-refractivity contribution in [2.75, 3.05) is 6.79 Å². The van der Waals surface area contributed by atoms with Gasteiger partial charge in [-0.2, -0.15) is 0 Å². The highest BCUT2D eigenvalue weighted by Crippen LogP contribution is 2.34. The Morgan fingerprint density at radius 2 is 1.66 bits per heavy atom. The van der Waals surface area contributed by atoms with E-state index in [1.54, 1.807) is 0 Å². The molecule has 5 nitrogen and oxygen atoms in total. The number of Topliss-reactive ketones (excluding diaryl/α,β-unsaturated/α-hetero) is 3. The Balaban J connectivity index is 1.32. The molecule has 0 bridgehead atoms. The van der Waals surface area contributed by atoms with E-state index in [0.717, 1.165) is 22.4 Å². The quantitative estimate of drug-likeness (QED) is 0.697. The number of hydrogen-bond acceptors (Lipinski definition) is 5. The van der Waals surface area contributed by atoms with E-state index in [1.807, 2.05) is 49.4 Å². The van der Waals surface area contributed by atoms with Crippen LogP contribution in [0, 0.1) is 12.8 Å². The molecule has 0 amide bonds. The first-order valence-electron chi connectivity index (χ1n) is 10.0. The SMILES string of the molecule is Cc1ccc(C2CC(=O)C(C(=O)CCCc3ccc4c(c3)OCO4)C(=O)C2)cc1. The maximum atomic E-state index is 12.6. The number of fused-ring (bicyclic) bond motifs is 1. The third-order valence-corrected chi connectivity index (χ3v) is 5.74. The Hall–Kier alpha value is -2.95. The van der Waals surface area contributed by atoms with Crippen molar-refractivity contribution in [3.63, 3.8) is 0 Å². The molecule has 1 saturated carbocycles. The van der Waals surface area contributed by atoms with Gasteiger partial charge in [-0.3, -0.25) is 14.4 Å². The number of aryl methyl sites for hydroxylation is 2. The molecule has 4 rings (SSSR count). The van der Waals surface area contributed by atoms with E-state index in [0.29, 0.717) is 18.6 Å². The van der Waals surface area contributed by atoms with E-state index in [2.05, 4.69) is 0 Å². The number of ketones is 3. The summed E-state index contributed by atoms with van der Waals surface area (Å²) in [6.45, 7) is 2.23. The summed E-state index contributed by atoms with van der Waals surface area (Å²) in [5, 5.41) is 0. The van der Waals surface area contributed by atoms with Crippen LogP contribution in [0.15, 0.2) is 42.5 Å². The summed E-state index contributed by atoms with van der Waals surface area (Å²) in [6, 6.07) is 13.6. The molecule has 5 heteroatoms. The molecule has 2 aromatic carbocycles. The predicted octanol–water partition coefficient (Wildman–Crippen LogP) is 3.95. The van der Waals surface area contributed by atoms with Gasteiger partial charge in [-0.05, 0) is 48.9 Å². The molecule has 2 aliphatic rings. The standard InChI is InChI=1S/C24H24O5/c1-15-5-8-17(9-6-15)18-12-20(26)24(21(27)13-18)19(25)4-2-3-16-7-10-22-23(11-16)29-14-28-22/h5-11,18,24H,2-4,12-14H2,1H3. The zero-order chi connectivity index (χ0) is 20.4. The van der Waals surface area contributed by atoms with Gasteiger partial charge in [0.15, 0.2) is 28.8 Å². The summed E-state index contributed by atoms with van der Waals surface area (Å²) in [6.07, 6.45) is 2.02. The summed E-state index contributed by atoms with van der Waals surface area (Å²) in [5.74, 6) is -0.468. The number of carbonyl (C=O) groups is 3. The van der Waals surface area contributed by atoms with Gasteiger partial charge in [0, 0.05) is 19.3 Å². The van der Waals surface area contributed by atoms with Crippen LogP contribution in [0.2, 0.25) is 0 Å². The highest BCUT2D eigenvalue weighted by molar-refractivity contribution is 6.20. The molecule has 0 radical (unpaired) electrons. The molecule has 0 N–H and O–H groups in total. The monoisotopic (exact) mass is 392 g/mol. The molecule has 0 unspecified atom stereocenters. The van der Waals surface area contributed by atoms with Crippen molar-refractivity contribution in [3.05, 3.63) is 59.2 Å². The van der Waals surface area contributed by atoms with Crippen LogP contribution in [-0.4, -0.2) is 24.1 Å². The van der Waals surface area contributed by atoms with Crippen LogP contribution in [0.25, 0.3) is 0 Å². The molecule has 29 heavy (non-hydrogen) atoms. The molecule has 0 aromatic heterocycles. The molecule has 1 heterocycles. The lowest BCUT2D eigenvalue weighted by Gasteiger charge is -2.26. The van der Waals surface area contributed by atoms with Gasteiger partial charge in [0.1, 0.15) is 5.92 Å². The molecule has 2 aromatic rings. The smallest absolute Gasteiger partial charge is 0.231 e. The topological polar surface area (TPSA) is 69.7 Å². The summed E-state index contributed by atoms with van der Waals surface area (Å²) < 4.78 is 10.7. The van der Waals surface area contributed by atoms with Crippen LogP contribution in [0.5, 0.6) is 11.5 Å². The molecule has 0 atom stereocenters. The van der Waals surface area contributed by atoms with Crippen molar-refractivity contribution in [2.24, 2.45) is 5.92 Å². The minimum atomic E-state index is -1.08. The Kier molecular flexibility index (Phi) is 5.47. The second-order valence-corrected chi connectivity index (χ2v) is 7.89. The van der Waals surface area contributed by atoms with Gasteiger partial charge in [-0.1, -0.05) is 35.9 Å². The third-order valence-electron chi connectivity index (χ3n) is 5.74. The highest BCUT2D eigenvalue weighted by Gasteiger charge is 2.39. The fourth-order valence-corrected chi connectivity index (χ4v) is 4.11. The van der Waals surface area contributed by atoms with Gasteiger partial charge in [0.05, 0.1) is 0 Å². The van der Waals surface area contributed by atoms with Crippen molar-refractivity contribution >= 4 is 17.3 Å². The van der Waals surface area contributed by atoms with E-state index in [4.69, 9.17) is 9.47 Å². The van der Waals surface area contributed by atoms with Crippen molar-refractivity contribution in [1.29, 1.82) is 0 Å². The van der Waals surface area contributed by atoms with E-state index in [-0.39, 0.29) is 49.3 Å². The Labute approximate surface area is 170 Å². The van der Waals surface area contributed by atoms with Crippen LogP contribution in [0.4, 0.5) is 0 Å². The van der Waals surface area contributed by atoms with E-state index in [9.17, 15) is 14.4 Å². The molecular formula is C24H24O5. The van der Waals surface area contributed by atoms with Gasteiger partial charge in [-0.25, -0.2) is 0 Å². The largest absolute Gasteiger partial charge is 0.454 e. The number of benzene rings is 2. The number of rotatable bonds is 6. The van der Waals surface area contributed by atoms with Gasteiger partial charge in [0.25, 0.3) is 0 Å². The van der Waals surface area contributed by atoms with Crippen LogP contribution >= 0.6 is 0 Å². The van der Waals surface area contributed by atoms with E-state index in [1.165, 1.54) is 0 Å². The predicted molar refractivity (Wildman–Crippen MR) is 107 cm³/mol. The molecule has 1 fully saturated rings. The fraction of sp³-hybridized carbons (Fsp3) is 0.375. The zero-order valence-electron chi connectivity index (χ0n) is 16.5. The van der Waals surface area contributed by atoms with E-state index < -0.39 is 5.92 Å². The van der Waals surface area contributed by atoms with Gasteiger partial charge >= 0.3 is 0 Å². The first kappa shape index (κ1) is 19.4. The minimum Gasteiger partial charge on any atom is -0.454 e. The van der Waals surface area contributed by atoms with Crippen molar-refractivity contribution in [2.45, 2.75) is 44.9 Å². The number of ether oxygens (including phenoxy) is 2. The number of hydrogen-bond donors (Lipinski definition) is 0. The Morgan fingerprint density at radius 1 is 0.966 bits per heavy atom. The summed E-state index contributed by atoms with van der Waals surface area (Å²) in [4.78, 5) is 37.8. The first-order valence-corrected chi connectivity index (χ1v) is 10.0. The van der Waals surface area contributed by atoms with Crippen molar-refractivity contribution < 1.29 is 23.9 Å². The Morgan fingerprint density at radius 3 is 2.38 bits per heavy atom. The molecule has 0 saturated heterocycles. The van der Waals surface area contributed by atoms with Crippen LogP contribution < -0.4 is 9.47 Å². The van der Waals surface area contributed by atoms with Gasteiger partial charge < -0.3 is 9.47 Å². The lowest BCUT2D eigenvalue weighted by atomic mass is 9.74. The molecule has 1 aliphatic heterocycles. The van der Waals surface area contributed by atoms with Crippen molar-refractivity contribution in [3.8, 4) is 11.5 Å². The third kappa shape index (κ3) is 4.24. The van der Waals surface area contributed by atoms with Gasteiger partial charge in [-0.15, -0.1) is 0 Å². The normalized spacial score (nSPS) is 20.7. The second-order valence-electron chi connectivity index (χ2n) is 7.89. The molecule has 150 valence electrons. The molecular weight excluding hydrogens is 368 g/mol. The zero-order valence-corrected chi connectivity index (χ0v) is 16.5. The maximum Gasteiger partial charge on any atom is 0.231 e. The summed E-state index contributed by atoms with van der Waals surface area (Å²) in [7, 11) is 0. The highest BCUT2D eigenvalue weighted by atomic mass is 16.7. The first-order chi connectivity index (χ1) is 14.0. The van der Waals surface area contributed by atoms with Crippen molar-refractivity contribution in [1.82, 2.24) is 0 Å². The van der Waals surface area contributed by atoms with E-state index >= 15 is 0 Å².